The lowest BCUT2D eigenvalue weighted by Crippen LogP contribution is -2.37. The van der Waals surface area contributed by atoms with E-state index in [1.54, 1.807) is 6.07 Å². The lowest BCUT2D eigenvalue weighted by atomic mass is 10.2. The molecule has 0 atom stereocenters. The second-order valence-corrected chi connectivity index (χ2v) is 7.21. The number of carbonyl (C=O) groups is 1. The Hall–Kier alpha value is -1.18. The van der Waals surface area contributed by atoms with Crippen LogP contribution in [0, 0.1) is 6.92 Å². The molecule has 0 aromatic heterocycles. The zero-order valence-corrected chi connectivity index (χ0v) is 13.8. The van der Waals surface area contributed by atoms with Crippen LogP contribution in [0.2, 0.25) is 0 Å². The van der Waals surface area contributed by atoms with Gasteiger partial charge in [-0.05, 0) is 40.5 Å². The topological polar surface area (TPSA) is 66.5 Å². The Kier molecular flexibility index (Phi) is 5.91. The van der Waals surface area contributed by atoms with Gasteiger partial charge in [0.05, 0.1) is 18.5 Å². The van der Waals surface area contributed by atoms with E-state index in [0.29, 0.717) is 5.69 Å². The largest absolute Gasteiger partial charge is 0.324 e. The van der Waals surface area contributed by atoms with Crippen molar-refractivity contribution in [1.29, 1.82) is 0 Å². The van der Waals surface area contributed by atoms with Gasteiger partial charge in [-0.1, -0.05) is 12.1 Å². The molecule has 1 aromatic rings. The third-order valence-corrected chi connectivity index (χ3v) is 4.39. The molecule has 0 bridgehead atoms. The summed E-state index contributed by atoms with van der Waals surface area (Å²) in [5.74, 6) is -0.401. The first kappa shape index (κ1) is 16.9. The second kappa shape index (κ2) is 7.01. The molecular weight excluding hydrogens is 344 g/mol. The molecule has 0 saturated heterocycles. The van der Waals surface area contributed by atoms with E-state index in [0.717, 1.165) is 20.6 Å². The van der Waals surface area contributed by atoms with Crippen molar-refractivity contribution in [1.82, 2.24) is 4.31 Å². The van der Waals surface area contributed by atoms with E-state index in [4.69, 9.17) is 0 Å². The van der Waals surface area contributed by atoms with Gasteiger partial charge in [0.1, 0.15) is 0 Å². The van der Waals surface area contributed by atoms with Crippen LogP contribution in [0.15, 0.2) is 35.3 Å². The van der Waals surface area contributed by atoms with Crippen molar-refractivity contribution in [3.8, 4) is 0 Å². The molecule has 1 rings (SSSR count). The Balaban J connectivity index is 2.78. The van der Waals surface area contributed by atoms with Gasteiger partial charge in [0.15, 0.2) is 0 Å². The predicted molar refractivity (Wildman–Crippen MR) is 84.1 cm³/mol. The minimum Gasteiger partial charge on any atom is -0.324 e. The number of rotatable bonds is 6. The van der Waals surface area contributed by atoms with E-state index in [1.807, 2.05) is 19.1 Å². The molecule has 0 saturated carbocycles. The molecule has 0 aliphatic carbocycles. The average molecular weight is 361 g/mol. The van der Waals surface area contributed by atoms with Crippen LogP contribution >= 0.6 is 15.9 Å². The number of nitrogens with zero attached hydrogens (tertiary/aromatic N) is 1. The highest BCUT2D eigenvalue weighted by molar-refractivity contribution is 9.10. The first-order valence-electron chi connectivity index (χ1n) is 5.86. The zero-order chi connectivity index (χ0) is 15.3. The molecule has 0 aliphatic heterocycles. The van der Waals surface area contributed by atoms with E-state index in [9.17, 15) is 13.2 Å². The lowest BCUT2D eigenvalue weighted by Gasteiger charge is -2.17. The maximum absolute atomic E-state index is 11.9. The molecule has 1 amide bonds. The Morgan fingerprint density at radius 3 is 2.65 bits per heavy atom. The van der Waals surface area contributed by atoms with Gasteiger partial charge in [-0.3, -0.25) is 4.79 Å². The molecule has 0 heterocycles. The number of carbonyl (C=O) groups excluding carboxylic acids is 1. The standard InChI is InChI=1S/C13H17BrN2O3S/c1-4-7-16(20(3,18)19)9-13(17)15-12-6-5-10(2)8-11(12)14/h4-6,8H,1,7,9H2,2-3H3,(H,15,17). The molecule has 1 aromatic carbocycles. The van der Waals surface area contributed by atoms with Gasteiger partial charge >= 0.3 is 0 Å². The van der Waals surface area contributed by atoms with Gasteiger partial charge in [0, 0.05) is 11.0 Å². The van der Waals surface area contributed by atoms with E-state index >= 15 is 0 Å². The first-order chi connectivity index (χ1) is 9.24. The smallest absolute Gasteiger partial charge is 0.239 e. The zero-order valence-electron chi connectivity index (χ0n) is 11.4. The van der Waals surface area contributed by atoms with Crippen LogP contribution in [0.4, 0.5) is 5.69 Å². The Bertz CT molecular complexity index is 614. The summed E-state index contributed by atoms with van der Waals surface area (Å²) < 4.78 is 24.8. The van der Waals surface area contributed by atoms with Crippen molar-refractivity contribution in [3.05, 3.63) is 40.9 Å². The van der Waals surface area contributed by atoms with Crippen LogP contribution in [0.1, 0.15) is 5.56 Å². The third kappa shape index (κ3) is 5.07. The number of amides is 1. The predicted octanol–water partition coefficient (Wildman–Crippen LogP) is 2.14. The van der Waals surface area contributed by atoms with Gasteiger partial charge in [-0.25, -0.2) is 8.42 Å². The fraction of sp³-hybridized carbons (Fsp3) is 0.308. The summed E-state index contributed by atoms with van der Waals surface area (Å²) in [7, 11) is -3.44. The van der Waals surface area contributed by atoms with Gasteiger partial charge in [-0.2, -0.15) is 4.31 Å². The first-order valence-corrected chi connectivity index (χ1v) is 8.50. The van der Waals surface area contributed by atoms with Crippen LogP contribution in [0.3, 0.4) is 0 Å². The number of anilines is 1. The number of aryl methyl sites for hydroxylation is 1. The molecule has 0 unspecified atom stereocenters. The molecule has 0 spiro atoms. The molecule has 1 N–H and O–H groups in total. The Labute approximate surface area is 127 Å². The van der Waals surface area contributed by atoms with Crippen molar-refractivity contribution < 1.29 is 13.2 Å². The number of nitrogens with one attached hydrogen (secondary N) is 1. The molecule has 7 heteroatoms. The summed E-state index contributed by atoms with van der Waals surface area (Å²) >= 11 is 3.35. The van der Waals surface area contributed by atoms with Crippen LogP contribution in [-0.4, -0.2) is 38.0 Å². The summed E-state index contributed by atoms with van der Waals surface area (Å²) in [5.41, 5.74) is 1.66. The minimum atomic E-state index is -3.44. The number of hydrogen-bond donors (Lipinski definition) is 1. The van der Waals surface area contributed by atoms with Crippen molar-refractivity contribution in [2.75, 3.05) is 24.7 Å². The fourth-order valence-electron chi connectivity index (χ4n) is 1.53. The monoisotopic (exact) mass is 360 g/mol. The van der Waals surface area contributed by atoms with Crippen LogP contribution < -0.4 is 5.32 Å². The molecule has 20 heavy (non-hydrogen) atoms. The summed E-state index contributed by atoms with van der Waals surface area (Å²) in [6.07, 6.45) is 2.50. The third-order valence-electron chi connectivity index (χ3n) is 2.52. The van der Waals surface area contributed by atoms with Gasteiger partial charge < -0.3 is 5.32 Å². The lowest BCUT2D eigenvalue weighted by molar-refractivity contribution is -0.116. The highest BCUT2D eigenvalue weighted by Crippen LogP contribution is 2.23. The Morgan fingerprint density at radius 1 is 1.50 bits per heavy atom. The average Bonchev–Trinajstić information content (AvgIpc) is 2.31. The number of benzene rings is 1. The van der Waals surface area contributed by atoms with Crippen molar-refractivity contribution in [2.24, 2.45) is 0 Å². The van der Waals surface area contributed by atoms with Gasteiger partial charge in [0.2, 0.25) is 15.9 Å². The highest BCUT2D eigenvalue weighted by atomic mass is 79.9. The Morgan fingerprint density at radius 2 is 2.15 bits per heavy atom. The molecule has 110 valence electrons. The number of sulfonamides is 1. The molecule has 0 aliphatic rings. The second-order valence-electron chi connectivity index (χ2n) is 4.38. The van der Waals surface area contributed by atoms with Gasteiger partial charge in [-0.15, -0.1) is 6.58 Å². The van der Waals surface area contributed by atoms with E-state index < -0.39 is 15.9 Å². The highest BCUT2D eigenvalue weighted by Gasteiger charge is 2.19. The van der Waals surface area contributed by atoms with Crippen LogP contribution in [0.25, 0.3) is 0 Å². The number of hydrogen-bond acceptors (Lipinski definition) is 3. The fourth-order valence-corrected chi connectivity index (χ4v) is 2.85. The van der Waals surface area contributed by atoms with E-state index in [-0.39, 0.29) is 13.1 Å². The molecule has 5 nitrogen and oxygen atoms in total. The SMILES string of the molecule is C=CCN(CC(=O)Nc1ccc(C)cc1Br)S(C)(=O)=O. The van der Waals surface area contributed by atoms with Gasteiger partial charge in [0.25, 0.3) is 0 Å². The maximum Gasteiger partial charge on any atom is 0.239 e. The molecule has 0 fully saturated rings. The molecule has 0 radical (unpaired) electrons. The van der Waals surface area contributed by atoms with Crippen molar-refractivity contribution in [3.63, 3.8) is 0 Å². The van der Waals surface area contributed by atoms with Crippen molar-refractivity contribution >= 4 is 37.5 Å². The van der Waals surface area contributed by atoms with E-state index in [1.165, 1.54) is 6.08 Å². The minimum absolute atomic E-state index is 0.0985. The summed E-state index contributed by atoms with van der Waals surface area (Å²) in [6.45, 7) is 5.27. The van der Waals surface area contributed by atoms with Crippen molar-refractivity contribution in [2.45, 2.75) is 6.92 Å². The van der Waals surface area contributed by atoms with Crippen LogP contribution in [0.5, 0.6) is 0 Å². The molecular formula is C13H17BrN2O3S. The maximum atomic E-state index is 11.9. The quantitative estimate of drug-likeness (QED) is 0.790. The summed E-state index contributed by atoms with van der Waals surface area (Å²) in [6, 6.07) is 5.49. The summed E-state index contributed by atoms with van der Waals surface area (Å²) in [4.78, 5) is 11.9. The summed E-state index contributed by atoms with van der Waals surface area (Å²) in [5, 5.41) is 2.67. The number of halogens is 1. The van der Waals surface area contributed by atoms with Crippen LogP contribution in [-0.2, 0) is 14.8 Å². The normalized spacial score (nSPS) is 11.4. The van der Waals surface area contributed by atoms with E-state index in [2.05, 4.69) is 27.8 Å².